The number of nitrogens with two attached hydrogens (primary N) is 1. The highest BCUT2D eigenvalue weighted by atomic mass is 16.2. The molecule has 1 aliphatic rings. The van der Waals surface area contributed by atoms with E-state index in [1.54, 1.807) is 19.3 Å². The third kappa shape index (κ3) is 3.52. The highest BCUT2D eigenvalue weighted by Crippen LogP contribution is 2.20. The summed E-state index contributed by atoms with van der Waals surface area (Å²) in [5, 5.41) is 0. The molecule has 1 aromatic rings. The third-order valence-electron chi connectivity index (χ3n) is 3.73. The Bertz CT molecular complexity index is 409. The van der Waals surface area contributed by atoms with Gasteiger partial charge < -0.3 is 10.6 Å². The van der Waals surface area contributed by atoms with E-state index in [4.69, 9.17) is 5.73 Å². The zero-order chi connectivity index (χ0) is 13.7. The lowest BCUT2D eigenvalue weighted by Gasteiger charge is -2.30. The van der Waals surface area contributed by atoms with E-state index in [2.05, 4.69) is 9.88 Å². The minimum atomic E-state index is 0.162. The number of hydrogen-bond donors (Lipinski definition) is 1. The lowest BCUT2D eigenvalue weighted by molar-refractivity contribution is -0.128. The molecule has 5 heteroatoms. The molecule has 2 heterocycles. The summed E-state index contributed by atoms with van der Waals surface area (Å²) in [5.41, 5.74) is 7.14. The normalized spacial score (nSPS) is 18.9. The van der Waals surface area contributed by atoms with Gasteiger partial charge in [0.1, 0.15) is 0 Å². The molecule has 0 spiro atoms. The average Bonchev–Trinajstić information content (AvgIpc) is 2.67. The molecule has 2 N–H and O–H groups in total. The van der Waals surface area contributed by atoms with Crippen LogP contribution in [0.5, 0.6) is 0 Å². The van der Waals surface area contributed by atoms with Crippen molar-refractivity contribution in [2.75, 3.05) is 32.7 Å². The summed E-state index contributed by atoms with van der Waals surface area (Å²) in [6.45, 7) is 5.72. The molecule has 2 rings (SSSR count). The molecule has 0 saturated carbocycles. The highest BCUT2D eigenvalue weighted by molar-refractivity contribution is 5.73. The Morgan fingerprint density at radius 2 is 2.05 bits per heavy atom. The summed E-state index contributed by atoms with van der Waals surface area (Å²) >= 11 is 0. The second kappa shape index (κ2) is 6.63. The van der Waals surface area contributed by atoms with Gasteiger partial charge in [0.25, 0.3) is 0 Å². The summed E-state index contributed by atoms with van der Waals surface area (Å²) in [6, 6.07) is 4.26. The van der Waals surface area contributed by atoms with Gasteiger partial charge >= 0.3 is 0 Å². The van der Waals surface area contributed by atoms with E-state index in [1.165, 1.54) is 5.56 Å². The van der Waals surface area contributed by atoms with Gasteiger partial charge in [-0.1, -0.05) is 0 Å². The fourth-order valence-electron chi connectivity index (χ4n) is 2.65. The topological polar surface area (TPSA) is 62.5 Å². The van der Waals surface area contributed by atoms with Crippen molar-refractivity contribution < 1.29 is 4.79 Å². The standard InChI is InChI=1S/C14H22N4O/c1-12(19)17-7-2-8-18(10-9-17)14(11-15)13-3-5-16-6-4-13/h3-6,14H,2,7-11,15H2,1H3. The minimum Gasteiger partial charge on any atom is -0.342 e. The van der Waals surface area contributed by atoms with Gasteiger partial charge in [0.05, 0.1) is 0 Å². The molecule has 5 nitrogen and oxygen atoms in total. The molecule has 0 aliphatic carbocycles. The van der Waals surface area contributed by atoms with Crippen molar-refractivity contribution in [2.45, 2.75) is 19.4 Å². The Hall–Kier alpha value is -1.46. The van der Waals surface area contributed by atoms with Crippen LogP contribution in [-0.4, -0.2) is 53.4 Å². The summed E-state index contributed by atoms with van der Waals surface area (Å²) in [4.78, 5) is 19.8. The van der Waals surface area contributed by atoms with Crippen molar-refractivity contribution in [3.63, 3.8) is 0 Å². The molecule has 1 aromatic heterocycles. The van der Waals surface area contributed by atoms with Crippen LogP contribution in [-0.2, 0) is 4.79 Å². The Labute approximate surface area is 114 Å². The Balaban J connectivity index is 2.06. The first-order valence-corrected chi connectivity index (χ1v) is 6.82. The molecular weight excluding hydrogens is 240 g/mol. The van der Waals surface area contributed by atoms with Gasteiger partial charge in [-0.05, 0) is 24.1 Å². The monoisotopic (exact) mass is 262 g/mol. The van der Waals surface area contributed by atoms with E-state index < -0.39 is 0 Å². The fraction of sp³-hybridized carbons (Fsp3) is 0.571. The SMILES string of the molecule is CC(=O)N1CCCN(C(CN)c2ccncc2)CC1. The molecule has 0 aromatic carbocycles. The zero-order valence-corrected chi connectivity index (χ0v) is 11.5. The summed E-state index contributed by atoms with van der Waals surface area (Å²) in [5.74, 6) is 0.162. The predicted octanol–water partition coefficient (Wildman–Crippen LogP) is 0.636. The number of hydrogen-bond acceptors (Lipinski definition) is 4. The maximum absolute atomic E-state index is 11.4. The van der Waals surface area contributed by atoms with Gasteiger partial charge in [0, 0.05) is 58.1 Å². The van der Waals surface area contributed by atoms with E-state index in [9.17, 15) is 4.79 Å². The van der Waals surface area contributed by atoms with Crippen LogP contribution in [0.15, 0.2) is 24.5 Å². The number of carbonyl (C=O) groups excluding carboxylic acids is 1. The largest absolute Gasteiger partial charge is 0.342 e. The van der Waals surface area contributed by atoms with Crippen molar-refractivity contribution in [1.82, 2.24) is 14.8 Å². The maximum Gasteiger partial charge on any atom is 0.219 e. The third-order valence-corrected chi connectivity index (χ3v) is 3.73. The fourth-order valence-corrected chi connectivity index (χ4v) is 2.65. The van der Waals surface area contributed by atoms with E-state index in [-0.39, 0.29) is 11.9 Å². The van der Waals surface area contributed by atoms with Crippen LogP contribution in [0.25, 0.3) is 0 Å². The molecule has 1 fully saturated rings. The first-order valence-electron chi connectivity index (χ1n) is 6.82. The number of aromatic nitrogens is 1. The first kappa shape index (κ1) is 14.0. The van der Waals surface area contributed by atoms with Gasteiger partial charge in [-0.25, -0.2) is 0 Å². The van der Waals surface area contributed by atoms with Crippen molar-refractivity contribution in [2.24, 2.45) is 5.73 Å². The quantitative estimate of drug-likeness (QED) is 0.868. The molecule has 1 aliphatic heterocycles. The summed E-state index contributed by atoms with van der Waals surface area (Å²) < 4.78 is 0. The molecule has 104 valence electrons. The Morgan fingerprint density at radius 1 is 1.32 bits per heavy atom. The molecular formula is C14H22N4O. The van der Waals surface area contributed by atoms with Crippen LogP contribution in [0.3, 0.4) is 0 Å². The first-order chi connectivity index (χ1) is 9.22. The molecule has 1 amide bonds. The summed E-state index contributed by atoms with van der Waals surface area (Å²) in [7, 11) is 0. The van der Waals surface area contributed by atoms with Crippen LogP contribution < -0.4 is 5.73 Å². The molecule has 1 atom stereocenters. The van der Waals surface area contributed by atoms with Gasteiger partial charge in [-0.2, -0.15) is 0 Å². The zero-order valence-electron chi connectivity index (χ0n) is 11.5. The molecule has 19 heavy (non-hydrogen) atoms. The van der Waals surface area contributed by atoms with Gasteiger partial charge in [0.15, 0.2) is 0 Å². The number of pyridine rings is 1. The number of nitrogens with zero attached hydrogens (tertiary/aromatic N) is 3. The van der Waals surface area contributed by atoms with Crippen LogP contribution in [0, 0.1) is 0 Å². The van der Waals surface area contributed by atoms with Gasteiger partial charge in [0.2, 0.25) is 5.91 Å². The van der Waals surface area contributed by atoms with Crippen molar-refractivity contribution >= 4 is 5.91 Å². The second-order valence-electron chi connectivity index (χ2n) is 4.93. The van der Waals surface area contributed by atoms with E-state index in [1.807, 2.05) is 17.0 Å². The Morgan fingerprint density at radius 3 is 2.68 bits per heavy atom. The number of rotatable bonds is 3. The molecule has 0 radical (unpaired) electrons. The van der Waals surface area contributed by atoms with E-state index in [0.717, 1.165) is 32.6 Å². The maximum atomic E-state index is 11.4. The number of amides is 1. The second-order valence-corrected chi connectivity index (χ2v) is 4.93. The molecule has 0 bridgehead atoms. The van der Waals surface area contributed by atoms with E-state index in [0.29, 0.717) is 6.54 Å². The predicted molar refractivity (Wildman–Crippen MR) is 74.5 cm³/mol. The van der Waals surface area contributed by atoms with Crippen LogP contribution >= 0.6 is 0 Å². The van der Waals surface area contributed by atoms with Crippen molar-refractivity contribution in [3.05, 3.63) is 30.1 Å². The smallest absolute Gasteiger partial charge is 0.219 e. The summed E-state index contributed by atoms with van der Waals surface area (Å²) in [6.07, 6.45) is 4.61. The van der Waals surface area contributed by atoms with Crippen LogP contribution in [0.2, 0.25) is 0 Å². The Kier molecular flexibility index (Phi) is 4.87. The van der Waals surface area contributed by atoms with Crippen LogP contribution in [0.4, 0.5) is 0 Å². The number of carbonyl (C=O) groups is 1. The minimum absolute atomic E-state index is 0.162. The van der Waals surface area contributed by atoms with Crippen LogP contribution in [0.1, 0.15) is 24.9 Å². The lowest BCUT2D eigenvalue weighted by atomic mass is 10.1. The van der Waals surface area contributed by atoms with E-state index >= 15 is 0 Å². The highest BCUT2D eigenvalue weighted by Gasteiger charge is 2.23. The van der Waals surface area contributed by atoms with Crippen molar-refractivity contribution in [3.8, 4) is 0 Å². The van der Waals surface area contributed by atoms with Gasteiger partial charge in [-0.15, -0.1) is 0 Å². The molecule has 1 unspecified atom stereocenters. The molecule has 1 saturated heterocycles. The lowest BCUT2D eigenvalue weighted by Crippen LogP contribution is -2.37. The van der Waals surface area contributed by atoms with Gasteiger partial charge in [-0.3, -0.25) is 14.7 Å². The van der Waals surface area contributed by atoms with Crippen molar-refractivity contribution in [1.29, 1.82) is 0 Å². The average molecular weight is 262 g/mol.